The molecule has 5 rings (SSSR count). The number of hydrogen-bond acceptors (Lipinski definition) is 3. The maximum atomic E-state index is 14.1. The topological polar surface area (TPSA) is 51.5 Å². The van der Waals surface area contributed by atoms with E-state index in [1.54, 1.807) is 35.9 Å². The molecular weight excluding hydrogens is 496 g/mol. The lowest BCUT2D eigenvalue weighted by Gasteiger charge is -2.38. The molecule has 0 atom stereocenters. The molecule has 0 radical (unpaired) electrons. The lowest BCUT2D eigenvalue weighted by atomic mass is 9.87. The number of rotatable bonds is 7. The number of nitrogens with zero attached hydrogens (tertiary/aromatic N) is 2. The zero-order chi connectivity index (χ0) is 26.6. The monoisotopic (exact) mass is 534 g/mol. The molecule has 0 unspecified atom stereocenters. The number of fused-ring (bicyclic) bond motifs is 1. The minimum absolute atomic E-state index is 0.126. The minimum Gasteiger partial charge on any atom is -0.497 e. The number of amides is 1. The Kier molecular flexibility index (Phi) is 8.42. The van der Waals surface area contributed by atoms with Crippen LogP contribution in [0.1, 0.15) is 85.8 Å². The van der Waals surface area contributed by atoms with Crippen molar-refractivity contribution in [2.24, 2.45) is 5.92 Å². The highest BCUT2D eigenvalue weighted by molar-refractivity contribution is 6.30. The molecule has 5 nitrogen and oxygen atoms in total. The summed E-state index contributed by atoms with van der Waals surface area (Å²) in [6.45, 7) is 2.82. The average Bonchev–Trinajstić information content (AvgIpc) is 3.22. The van der Waals surface area contributed by atoms with E-state index in [1.165, 1.54) is 51.4 Å². The Bertz CT molecular complexity index is 1280. The lowest BCUT2D eigenvalue weighted by molar-refractivity contribution is -0.134. The van der Waals surface area contributed by atoms with Crippen molar-refractivity contribution in [2.75, 3.05) is 13.7 Å². The van der Waals surface area contributed by atoms with Crippen LogP contribution >= 0.6 is 11.6 Å². The van der Waals surface area contributed by atoms with Crippen molar-refractivity contribution < 1.29 is 14.3 Å². The highest BCUT2D eigenvalue weighted by Crippen LogP contribution is 2.33. The fraction of sp³-hybridized carbons (Fsp3) is 0.500. The van der Waals surface area contributed by atoms with Crippen molar-refractivity contribution in [1.29, 1.82) is 0 Å². The SMILES string of the molecule is COc1ccc2c(c1)c(CC(=O)N(CC1CCCCC1)C1CCCCC1)c(C)n2C(=O)c1ccc(Cl)cc1. The number of halogens is 1. The third-order valence-electron chi connectivity index (χ3n) is 8.68. The van der Waals surface area contributed by atoms with Gasteiger partial charge in [-0.15, -0.1) is 0 Å². The van der Waals surface area contributed by atoms with Crippen molar-refractivity contribution in [3.63, 3.8) is 0 Å². The van der Waals surface area contributed by atoms with Crippen LogP contribution in [0.3, 0.4) is 0 Å². The molecule has 0 spiro atoms. The van der Waals surface area contributed by atoms with Gasteiger partial charge < -0.3 is 9.64 Å². The summed E-state index contributed by atoms with van der Waals surface area (Å²) in [6.07, 6.45) is 12.5. The smallest absolute Gasteiger partial charge is 0.262 e. The quantitative estimate of drug-likeness (QED) is 0.314. The Morgan fingerprint density at radius 2 is 1.61 bits per heavy atom. The van der Waals surface area contributed by atoms with Gasteiger partial charge in [0, 0.05) is 34.3 Å². The summed E-state index contributed by atoms with van der Waals surface area (Å²) in [4.78, 5) is 30.0. The summed E-state index contributed by atoms with van der Waals surface area (Å²) in [5.74, 6) is 1.38. The number of hydrogen-bond donors (Lipinski definition) is 0. The second-order valence-corrected chi connectivity index (χ2v) is 11.5. The molecular formula is C32H39ClN2O3. The average molecular weight is 535 g/mol. The van der Waals surface area contributed by atoms with Crippen LogP contribution in [0.4, 0.5) is 0 Å². The molecule has 2 aliphatic carbocycles. The van der Waals surface area contributed by atoms with Gasteiger partial charge in [0.1, 0.15) is 5.75 Å². The van der Waals surface area contributed by atoms with Crippen LogP contribution in [0, 0.1) is 12.8 Å². The van der Waals surface area contributed by atoms with E-state index in [4.69, 9.17) is 16.3 Å². The summed E-state index contributed by atoms with van der Waals surface area (Å²) < 4.78 is 7.27. The van der Waals surface area contributed by atoms with Gasteiger partial charge >= 0.3 is 0 Å². The van der Waals surface area contributed by atoms with Crippen LogP contribution < -0.4 is 4.74 Å². The zero-order valence-corrected chi connectivity index (χ0v) is 23.4. The number of ether oxygens (including phenoxy) is 1. The first-order valence-electron chi connectivity index (χ1n) is 14.2. The molecule has 2 aromatic carbocycles. The first-order chi connectivity index (χ1) is 18.5. The number of methoxy groups -OCH3 is 1. The molecule has 1 heterocycles. The Morgan fingerprint density at radius 1 is 0.947 bits per heavy atom. The Labute approximate surface area is 231 Å². The van der Waals surface area contributed by atoms with E-state index >= 15 is 0 Å². The molecule has 0 N–H and O–H groups in total. The summed E-state index contributed by atoms with van der Waals surface area (Å²) in [5.41, 5.74) is 3.07. The van der Waals surface area contributed by atoms with Gasteiger partial charge in [0.2, 0.25) is 5.91 Å². The molecule has 2 fully saturated rings. The van der Waals surface area contributed by atoms with Crippen molar-refractivity contribution in [3.8, 4) is 5.75 Å². The molecule has 0 bridgehead atoms. The number of carbonyl (C=O) groups is 2. The third kappa shape index (κ3) is 5.63. The van der Waals surface area contributed by atoms with E-state index < -0.39 is 0 Å². The fourth-order valence-corrected chi connectivity index (χ4v) is 6.67. The van der Waals surface area contributed by atoms with E-state index in [0.717, 1.165) is 41.5 Å². The maximum absolute atomic E-state index is 14.1. The summed E-state index contributed by atoms with van der Waals surface area (Å²) >= 11 is 6.07. The van der Waals surface area contributed by atoms with Crippen molar-refractivity contribution in [2.45, 2.75) is 83.6 Å². The van der Waals surface area contributed by atoms with Gasteiger partial charge in [0.25, 0.3) is 5.91 Å². The predicted octanol–water partition coefficient (Wildman–Crippen LogP) is 7.58. The van der Waals surface area contributed by atoms with Gasteiger partial charge in [-0.3, -0.25) is 14.2 Å². The van der Waals surface area contributed by atoms with E-state index in [0.29, 0.717) is 34.7 Å². The first kappa shape index (κ1) is 26.8. The zero-order valence-electron chi connectivity index (χ0n) is 22.7. The van der Waals surface area contributed by atoms with E-state index in [1.807, 2.05) is 25.1 Å². The fourth-order valence-electron chi connectivity index (χ4n) is 6.54. The molecule has 2 saturated carbocycles. The highest BCUT2D eigenvalue weighted by atomic mass is 35.5. The molecule has 6 heteroatoms. The van der Waals surface area contributed by atoms with Crippen LogP contribution in [0.5, 0.6) is 5.75 Å². The summed E-state index contributed by atoms with van der Waals surface area (Å²) in [6, 6.07) is 13.0. The molecule has 2 aliphatic rings. The molecule has 38 heavy (non-hydrogen) atoms. The highest BCUT2D eigenvalue weighted by Gasteiger charge is 2.30. The maximum Gasteiger partial charge on any atom is 0.262 e. The van der Waals surface area contributed by atoms with Gasteiger partial charge in [0.15, 0.2) is 0 Å². The van der Waals surface area contributed by atoms with Gasteiger partial charge in [0.05, 0.1) is 19.0 Å². The van der Waals surface area contributed by atoms with Gasteiger partial charge in [-0.05, 0) is 86.6 Å². The summed E-state index contributed by atoms with van der Waals surface area (Å²) in [7, 11) is 1.64. The van der Waals surface area contributed by atoms with Crippen molar-refractivity contribution >= 4 is 34.3 Å². The molecule has 0 saturated heterocycles. The number of carbonyl (C=O) groups excluding carboxylic acids is 2. The van der Waals surface area contributed by atoms with Crippen molar-refractivity contribution in [1.82, 2.24) is 9.47 Å². The molecule has 1 amide bonds. The molecule has 1 aromatic heterocycles. The van der Waals surface area contributed by atoms with Crippen LogP contribution in [-0.4, -0.2) is 41.0 Å². The van der Waals surface area contributed by atoms with Crippen LogP contribution in [0.25, 0.3) is 10.9 Å². The van der Waals surface area contributed by atoms with Crippen molar-refractivity contribution in [3.05, 3.63) is 64.3 Å². The predicted molar refractivity (Wildman–Crippen MR) is 153 cm³/mol. The second-order valence-electron chi connectivity index (χ2n) is 11.1. The molecule has 0 aliphatic heterocycles. The van der Waals surface area contributed by atoms with Crippen LogP contribution in [-0.2, 0) is 11.2 Å². The Hall–Kier alpha value is -2.79. The molecule has 3 aromatic rings. The van der Waals surface area contributed by atoms with Gasteiger partial charge in [-0.1, -0.05) is 50.1 Å². The minimum atomic E-state index is -0.126. The standard InChI is InChI=1S/C32H39ClN2O3/c1-22-28(20-31(36)34(26-11-7-4-8-12-26)21-23-9-5-3-6-10-23)29-19-27(38-2)17-18-30(29)35(22)32(37)24-13-15-25(33)16-14-24/h13-19,23,26H,3-12,20-21H2,1-2H3. The van der Waals surface area contributed by atoms with Gasteiger partial charge in [-0.25, -0.2) is 0 Å². The van der Waals surface area contributed by atoms with E-state index in [-0.39, 0.29) is 11.8 Å². The largest absolute Gasteiger partial charge is 0.497 e. The molecule has 202 valence electrons. The normalized spacial score (nSPS) is 17.0. The number of aromatic nitrogens is 1. The second kappa shape index (κ2) is 11.9. The Balaban J connectivity index is 1.51. The van der Waals surface area contributed by atoms with Crippen LogP contribution in [0.2, 0.25) is 5.02 Å². The Morgan fingerprint density at radius 3 is 2.26 bits per heavy atom. The lowest BCUT2D eigenvalue weighted by Crippen LogP contribution is -2.45. The first-order valence-corrected chi connectivity index (χ1v) is 14.6. The van der Waals surface area contributed by atoms with Crippen LogP contribution in [0.15, 0.2) is 42.5 Å². The van der Waals surface area contributed by atoms with E-state index in [9.17, 15) is 9.59 Å². The summed E-state index contributed by atoms with van der Waals surface area (Å²) in [5, 5.41) is 1.49. The third-order valence-corrected chi connectivity index (χ3v) is 8.93. The number of benzene rings is 2. The van der Waals surface area contributed by atoms with E-state index in [2.05, 4.69) is 4.90 Å². The van der Waals surface area contributed by atoms with Gasteiger partial charge in [-0.2, -0.15) is 0 Å².